The van der Waals surface area contributed by atoms with E-state index in [1.54, 1.807) is 19.2 Å². The number of nitrogens with one attached hydrogen (secondary N) is 1. The number of halogens is 3. The molecular formula is C19H21F3N2O. The Kier molecular flexibility index (Phi) is 5.30. The minimum atomic E-state index is -4.32. The van der Waals surface area contributed by atoms with Gasteiger partial charge in [-0.05, 0) is 35.4 Å². The second-order valence-corrected chi connectivity index (χ2v) is 6.08. The summed E-state index contributed by atoms with van der Waals surface area (Å²) in [7, 11) is 1.61. The van der Waals surface area contributed by atoms with E-state index >= 15 is 0 Å². The van der Waals surface area contributed by atoms with Crippen molar-refractivity contribution in [3.63, 3.8) is 0 Å². The Bertz CT molecular complexity index is 695. The molecule has 2 aromatic rings. The zero-order valence-corrected chi connectivity index (χ0v) is 14.0. The Morgan fingerprint density at radius 1 is 1.00 bits per heavy atom. The van der Waals surface area contributed by atoms with Gasteiger partial charge in [0.05, 0.1) is 18.7 Å². The smallest absolute Gasteiger partial charge is 0.416 e. The van der Waals surface area contributed by atoms with Crippen LogP contribution in [0.3, 0.4) is 0 Å². The van der Waals surface area contributed by atoms with E-state index in [9.17, 15) is 13.2 Å². The molecule has 0 aliphatic carbocycles. The highest BCUT2D eigenvalue weighted by Gasteiger charge is 2.31. The van der Waals surface area contributed by atoms with Crippen molar-refractivity contribution in [1.82, 2.24) is 10.2 Å². The van der Waals surface area contributed by atoms with Gasteiger partial charge in [-0.3, -0.25) is 4.90 Å². The molecule has 1 unspecified atom stereocenters. The molecule has 6 heteroatoms. The minimum absolute atomic E-state index is 0.0977. The highest BCUT2D eigenvalue weighted by atomic mass is 19.4. The van der Waals surface area contributed by atoms with Crippen molar-refractivity contribution in [2.24, 2.45) is 0 Å². The maximum atomic E-state index is 12.9. The van der Waals surface area contributed by atoms with Crippen molar-refractivity contribution in [3.8, 4) is 5.75 Å². The molecule has 1 aliphatic rings. The standard InChI is InChI=1S/C19H21F3N2O/c1-25-17-4-2-3-15(13-17)18(24-11-9-23-10-12-24)14-5-7-16(8-6-14)19(20,21)22/h2-8,13,18,23H,9-12H2,1H3. The van der Waals surface area contributed by atoms with Crippen LogP contribution in [0.15, 0.2) is 48.5 Å². The third-order valence-corrected chi connectivity index (χ3v) is 4.48. The van der Waals surface area contributed by atoms with Crippen LogP contribution < -0.4 is 10.1 Å². The highest BCUT2D eigenvalue weighted by Crippen LogP contribution is 2.34. The predicted molar refractivity (Wildman–Crippen MR) is 90.7 cm³/mol. The third kappa shape index (κ3) is 4.14. The Morgan fingerprint density at radius 2 is 1.68 bits per heavy atom. The Balaban J connectivity index is 1.98. The predicted octanol–water partition coefficient (Wildman–Crippen LogP) is 3.71. The number of nitrogens with zero attached hydrogens (tertiary/aromatic N) is 1. The Morgan fingerprint density at radius 3 is 2.28 bits per heavy atom. The van der Waals surface area contributed by atoms with Crippen LogP contribution in [0.1, 0.15) is 22.7 Å². The summed E-state index contributed by atoms with van der Waals surface area (Å²) in [5.41, 5.74) is 1.24. The molecule has 0 saturated carbocycles. The van der Waals surface area contributed by atoms with Crippen LogP contribution in [0, 0.1) is 0 Å². The molecule has 25 heavy (non-hydrogen) atoms. The molecule has 1 saturated heterocycles. The quantitative estimate of drug-likeness (QED) is 0.910. The molecule has 0 amide bonds. The van der Waals surface area contributed by atoms with Gasteiger partial charge in [0.1, 0.15) is 5.75 Å². The molecule has 3 nitrogen and oxygen atoms in total. The molecule has 134 valence electrons. The number of benzene rings is 2. The summed E-state index contributed by atoms with van der Waals surface area (Å²) in [6.07, 6.45) is -4.32. The van der Waals surface area contributed by atoms with Crippen LogP contribution in [0.4, 0.5) is 13.2 Å². The van der Waals surface area contributed by atoms with Gasteiger partial charge in [-0.15, -0.1) is 0 Å². The lowest BCUT2D eigenvalue weighted by Gasteiger charge is -2.35. The van der Waals surface area contributed by atoms with Crippen molar-refractivity contribution >= 4 is 0 Å². The summed E-state index contributed by atoms with van der Waals surface area (Å²) < 4.78 is 43.9. The molecule has 0 aromatic heterocycles. The lowest BCUT2D eigenvalue weighted by atomic mass is 9.95. The molecular weight excluding hydrogens is 329 g/mol. The minimum Gasteiger partial charge on any atom is -0.497 e. The average molecular weight is 350 g/mol. The van der Waals surface area contributed by atoms with E-state index in [4.69, 9.17) is 4.74 Å². The first-order chi connectivity index (χ1) is 12.0. The fourth-order valence-corrected chi connectivity index (χ4v) is 3.22. The van der Waals surface area contributed by atoms with Gasteiger partial charge in [-0.2, -0.15) is 13.2 Å². The summed E-state index contributed by atoms with van der Waals surface area (Å²) in [6, 6.07) is 13.1. The topological polar surface area (TPSA) is 24.5 Å². The number of hydrogen-bond donors (Lipinski definition) is 1. The van der Waals surface area contributed by atoms with Gasteiger partial charge in [0.25, 0.3) is 0 Å². The summed E-state index contributed by atoms with van der Waals surface area (Å²) in [6.45, 7) is 3.40. The van der Waals surface area contributed by atoms with Crippen LogP contribution in [-0.4, -0.2) is 38.2 Å². The van der Waals surface area contributed by atoms with Gasteiger partial charge < -0.3 is 10.1 Å². The number of hydrogen-bond acceptors (Lipinski definition) is 3. The summed E-state index contributed by atoms with van der Waals surface area (Å²) in [5, 5.41) is 3.31. The van der Waals surface area contributed by atoms with Gasteiger partial charge in [-0.25, -0.2) is 0 Å². The lowest BCUT2D eigenvalue weighted by molar-refractivity contribution is -0.137. The van der Waals surface area contributed by atoms with Gasteiger partial charge in [0.2, 0.25) is 0 Å². The zero-order chi connectivity index (χ0) is 17.9. The van der Waals surface area contributed by atoms with E-state index in [2.05, 4.69) is 10.2 Å². The van der Waals surface area contributed by atoms with Crippen molar-refractivity contribution in [1.29, 1.82) is 0 Å². The van der Waals surface area contributed by atoms with Crippen LogP contribution in [0.5, 0.6) is 5.75 Å². The maximum Gasteiger partial charge on any atom is 0.416 e. The number of piperazine rings is 1. The van der Waals surface area contributed by atoms with Crippen molar-refractivity contribution in [2.75, 3.05) is 33.3 Å². The first-order valence-electron chi connectivity index (χ1n) is 8.25. The normalized spacial score (nSPS) is 17.3. The molecule has 1 fully saturated rings. The molecule has 0 bridgehead atoms. The molecule has 2 aromatic carbocycles. The third-order valence-electron chi connectivity index (χ3n) is 4.48. The summed E-state index contributed by atoms with van der Waals surface area (Å²) in [4.78, 5) is 2.29. The fraction of sp³-hybridized carbons (Fsp3) is 0.368. The van der Waals surface area contributed by atoms with Gasteiger partial charge >= 0.3 is 6.18 Å². The van der Waals surface area contributed by atoms with Crippen molar-refractivity contribution in [2.45, 2.75) is 12.2 Å². The molecule has 1 atom stereocenters. The zero-order valence-electron chi connectivity index (χ0n) is 14.0. The first-order valence-corrected chi connectivity index (χ1v) is 8.25. The summed E-state index contributed by atoms with van der Waals surface area (Å²) in [5.74, 6) is 0.740. The van der Waals surface area contributed by atoms with Crippen LogP contribution >= 0.6 is 0 Å². The number of alkyl halides is 3. The number of methoxy groups -OCH3 is 1. The number of rotatable bonds is 4. The second-order valence-electron chi connectivity index (χ2n) is 6.08. The van der Waals surface area contributed by atoms with E-state index < -0.39 is 11.7 Å². The van der Waals surface area contributed by atoms with E-state index in [1.165, 1.54) is 0 Å². The molecule has 1 aliphatic heterocycles. The van der Waals surface area contributed by atoms with Crippen molar-refractivity contribution in [3.05, 3.63) is 65.2 Å². The summed E-state index contributed by atoms with van der Waals surface area (Å²) >= 11 is 0. The van der Waals surface area contributed by atoms with Gasteiger partial charge in [0, 0.05) is 26.2 Å². The van der Waals surface area contributed by atoms with Crippen LogP contribution in [0.25, 0.3) is 0 Å². The van der Waals surface area contributed by atoms with Gasteiger partial charge in [0.15, 0.2) is 0 Å². The monoisotopic (exact) mass is 350 g/mol. The Hall–Kier alpha value is -2.05. The SMILES string of the molecule is COc1cccc(C(c2ccc(C(F)(F)F)cc2)N2CCNCC2)c1. The molecule has 0 spiro atoms. The Labute approximate surface area is 145 Å². The number of ether oxygens (including phenoxy) is 1. The lowest BCUT2D eigenvalue weighted by Crippen LogP contribution is -2.45. The molecule has 1 N–H and O–H groups in total. The first kappa shape index (κ1) is 17.8. The maximum absolute atomic E-state index is 12.9. The average Bonchev–Trinajstić information content (AvgIpc) is 2.63. The molecule has 3 rings (SSSR count). The molecule has 0 radical (unpaired) electrons. The van der Waals surface area contributed by atoms with E-state index in [-0.39, 0.29) is 6.04 Å². The van der Waals surface area contributed by atoms with E-state index in [0.717, 1.165) is 55.2 Å². The van der Waals surface area contributed by atoms with Gasteiger partial charge in [-0.1, -0.05) is 24.3 Å². The highest BCUT2D eigenvalue weighted by molar-refractivity contribution is 5.38. The van der Waals surface area contributed by atoms with Crippen molar-refractivity contribution < 1.29 is 17.9 Å². The largest absolute Gasteiger partial charge is 0.497 e. The van der Waals surface area contributed by atoms with E-state index in [0.29, 0.717) is 0 Å². The van der Waals surface area contributed by atoms with Crippen LogP contribution in [0.2, 0.25) is 0 Å². The molecule has 1 heterocycles. The second kappa shape index (κ2) is 7.45. The van der Waals surface area contributed by atoms with E-state index in [1.807, 2.05) is 24.3 Å². The van der Waals surface area contributed by atoms with Crippen LogP contribution in [-0.2, 0) is 6.18 Å². The fourth-order valence-electron chi connectivity index (χ4n) is 3.22.